The minimum absolute atomic E-state index is 0.194. The number of ether oxygens (including phenoxy) is 2. The van der Waals surface area contributed by atoms with Crippen LogP contribution in [0.1, 0.15) is 65.2 Å². The highest BCUT2D eigenvalue weighted by Gasteiger charge is 2.19. The van der Waals surface area contributed by atoms with Gasteiger partial charge < -0.3 is 9.47 Å². The molecule has 0 heterocycles. The van der Waals surface area contributed by atoms with Crippen molar-refractivity contribution in [2.45, 2.75) is 65.2 Å². The molecule has 124 valence electrons. The Bertz CT molecular complexity index is 385. The second-order valence-corrected chi connectivity index (χ2v) is 5.15. The number of carbonyl (C=O) groups is 3. The molecule has 0 aromatic carbocycles. The molecular formula is C17H26O5. The van der Waals surface area contributed by atoms with E-state index in [1.54, 1.807) is 0 Å². The second-order valence-electron chi connectivity index (χ2n) is 5.15. The molecule has 0 aromatic rings. The first-order valence-corrected chi connectivity index (χ1v) is 7.76. The Labute approximate surface area is 132 Å². The van der Waals surface area contributed by atoms with Crippen LogP contribution in [-0.2, 0) is 19.1 Å². The molecule has 0 atom stereocenters. The SMILES string of the molecule is C=C(CCCCC)C(=O)OC(=O)OC(=O)C(=C)CCCCC. The number of esters is 2. The smallest absolute Gasteiger partial charge is 0.356 e. The Morgan fingerprint density at radius 1 is 0.727 bits per heavy atom. The minimum atomic E-state index is -1.33. The quantitative estimate of drug-likeness (QED) is 0.258. The predicted molar refractivity (Wildman–Crippen MR) is 84.1 cm³/mol. The second kappa shape index (κ2) is 11.7. The van der Waals surface area contributed by atoms with Gasteiger partial charge in [-0.3, -0.25) is 0 Å². The molecule has 0 saturated carbocycles. The first-order chi connectivity index (χ1) is 10.4. The maximum atomic E-state index is 11.6. The van der Waals surface area contributed by atoms with Crippen LogP contribution in [0, 0.1) is 0 Å². The highest BCUT2D eigenvalue weighted by molar-refractivity contribution is 5.99. The van der Waals surface area contributed by atoms with Crippen LogP contribution in [0.4, 0.5) is 4.79 Å². The van der Waals surface area contributed by atoms with Gasteiger partial charge in [0.05, 0.1) is 0 Å². The number of rotatable bonds is 10. The lowest BCUT2D eigenvalue weighted by molar-refractivity contribution is -0.141. The molecule has 0 fully saturated rings. The molecule has 0 radical (unpaired) electrons. The van der Waals surface area contributed by atoms with Crippen LogP contribution in [0.3, 0.4) is 0 Å². The summed E-state index contributed by atoms with van der Waals surface area (Å²) in [5.74, 6) is -1.71. The van der Waals surface area contributed by atoms with Gasteiger partial charge >= 0.3 is 18.1 Å². The molecule has 0 unspecified atom stereocenters. The molecule has 0 saturated heterocycles. The van der Waals surface area contributed by atoms with Gasteiger partial charge in [0, 0.05) is 11.1 Å². The average molecular weight is 310 g/mol. The van der Waals surface area contributed by atoms with E-state index < -0.39 is 18.1 Å². The molecule has 5 nitrogen and oxygen atoms in total. The van der Waals surface area contributed by atoms with E-state index in [4.69, 9.17) is 0 Å². The van der Waals surface area contributed by atoms with Crippen molar-refractivity contribution >= 4 is 18.1 Å². The van der Waals surface area contributed by atoms with Gasteiger partial charge in [0.2, 0.25) is 0 Å². The Balaban J connectivity index is 4.10. The predicted octanol–water partition coefficient (Wildman–Crippen LogP) is 4.47. The fraction of sp³-hybridized carbons (Fsp3) is 0.588. The summed E-state index contributed by atoms with van der Waals surface area (Å²) >= 11 is 0. The van der Waals surface area contributed by atoms with Crippen molar-refractivity contribution < 1.29 is 23.9 Å². The van der Waals surface area contributed by atoms with E-state index in [9.17, 15) is 14.4 Å². The topological polar surface area (TPSA) is 69.7 Å². The Hall–Kier alpha value is -1.91. The molecule has 0 aromatic heterocycles. The fourth-order valence-corrected chi connectivity index (χ4v) is 1.70. The Morgan fingerprint density at radius 2 is 1.09 bits per heavy atom. The van der Waals surface area contributed by atoms with E-state index in [0.29, 0.717) is 12.8 Å². The molecule has 0 amide bonds. The van der Waals surface area contributed by atoms with Crippen molar-refractivity contribution in [1.82, 2.24) is 0 Å². The van der Waals surface area contributed by atoms with Crippen LogP contribution in [0.25, 0.3) is 0 Å². The fourth-order valence-electron chi connectivity index (χ4n) is 1.70. The van der Waals surface area contributed by atoms with Crippen molar-refractivity contribution in [2.75, 3.05) is 0 Å². The zero-order valence-electron chi connectivity index (χ0n) is 13.6. The maximum Gasteiger partial charge on any atom is 0.524 e. The number of hydrogen-bond donors (Lipinski definition) is 0. The molecule has 0 aliphatic carbocycles. The van der Waals surface area contributed by atoms with E-state index >= 15 is 0 Å². The van der Waals surface area contributed by atoms with Gasteiger partial charge in [-0.05, 0) is 25.7 Å². The molecule has 5 heteroatoms. The van der Waals surface area contributed by atoms with Crippen molar-refractivity contribution in [3.8, 4) is 0 Å². The van der Waals surface area contributed by atoms with Gasteiger partial charge in [0.1, 0.15) is 0 Å². The number of hydrogen-bond acceptors (Lipinski definition) is 5. The summed E-state index contributed by atoms with van der Waals surface area (Å²) in [6.07, 6.45) is 5.13. The summed E-state index contributed by atoms with van der Waals surface area (Å²) in [6.45, 7) is 11.2. The molecule has 0 rings (SSSR count). The Morgan fingerprint density at radius 3 is 1.41 bits per heavy atom. The summed E-state index contributed by atoms with van der Waals surface area (Å²) < 4.78 is 8.86. The molecule has 0 bridgehead atoms. The summed E-state index contributed by atoms with van der Waals surface area (Å²) in [4.78, 5) is 34.5. The first-order valence-electron chi connectivity index (χ1n) is 7.76. The van der Waals surface area contributed by atoms with Gasteiger partial charge in [-0.1, -0.05) is 52.7 Å². The lowest BCUT2D eigenvalue weighted by Crippen LogP contribution is -2.19. The van der Waals surface area contributed by atoms with Gasteiger partial charge in [-0.25, -0.2) is 14.4 Å². The Kier molecular flexibility index (Phi) is 10.7. The highest BCUT2D eigenvalue weighted by atomic mass is 16.8. The minimum Gasteiger partial charge on any atom is -0.356 e. The van der Waals surface area contributed by atoms with E-state index in [-0.39, 0.29) is 11.1 Å². The van der Waals surface area contributed by atoms with Gasteiger partial charge in [-0.2, -0.15) is 0 Å². The largest absolute Gasteiger partial charge is 0.524 e. The average Bonchev–Trinajstić information content (AvgIpc) is 2.47. The molecule has 0 N–H and O–H groups in total. The van der Waals surface area contributed by atoms with Gasteiger partial charge in [-0.15, -0.1) is 0 Å². The lowest BCUT2D eigenvalue weighted by Gasteiger charge is -2.06. The monoisotopic (exact) mass is 310 g/mol. The van der Waals surface area contributed by atoms with Crippen LogP contribution in [0.5, 0.6) is 0 Å². The van der Waals surface area contributed by atoms with E-state index in [1.165, 1.54) is 0 Å². The third-order valence-electron chi connectivity index (χ3n) is 3.09. The summed E-state index contributed by atoms with van der Waals surface area (Å²) in [6, 6.07) is 0. The zero-order valence-corrected chi connectivity index (χ0v) is 13.6. The first kappa shape index (κ1) is 20.1. The molecule has 0 spiro atoms. The van der Waals surface area contributed by atoms with Crippen LogP contribution < -0.4 is 0 Å². The molecular weight excluding hydrogens is 284 g/mol. The van der Waals surface area contributed by atoms with E-state index in [1.807, 2.05) is 13.8 Å². The molecule has 0 aliphatic heterocycles. The number of carbonyl (C=O) groups excluding carboxylic acids is 3. The maximum absolute atomic E-state index is 11.6. The molecule has 22 heavy (non-hydrogen) atoms. The van der Waals surface area contributed by atoms with E-state index in [2.05, 4.69) is 22.6 Å². The van der Waals surface area contributed by atoms with Crippen molar-refractivity contribution in [2.24, 2.45) is 0 Å². The van der Waals surface area contributed by atoms with Crippen LogP contribution in [-0.4, -0.2) is 18.1 Å². The number of unbranched alkanes of at least 4 members (excludes halogenated alkanes) is 4. The standard InChI is InChI=1S/C17H26O5/c1-5-7-9-11-13(3)15(18)21-17(20)22-16(19)14(4)12-10-8-6-2/h3-12H2,1-2H3. The van der Waals surface area contributed by atoms with Crippen LogP contribution in [0.2, 0.25) is 0 Å². The summed E-state index contributed by atoms with van der Waals surface area (Å²) in [5.41, 5.74) is 0.388. The third-order valence-corrected chi connectivity index (χ3v) is 3.09. The van der Waals surface area contributed by atoms with Crippen LogP contribution >= 0.6 is 0 Å². The van der Waals surface area contributed by atoms with Crippen molar-refractivity contribution in [3.63, 3.8) is 0 Å². The van der Waals surface area contributed by atoms with E-state index in [0.717, 1.165) is 38.5 Å². The third kappa shape index (κ3) is 9.10. The summed E-state index contributed by atoms with van der Waals surface area (Å²) in [7, 11) is 0. The zero-order chi connectivity index (χ0) is 17.0. The highest BCUT2D eigenvalue weighted by Crippen LogP contribution is 2.11. The molecule has 0 aliphatic rings. The normalized spacial score (nSPS) is 9.91. The van der Waals surface area contributed by atoms with Crippen molar-refractivity contribution in [1.29, 1.82) is 0 Å². The van der Waals surface area contributed by atoms with Crippen LogP contribution in [0.15, 0.2) is 24.3 Å². The lowest BCUT2D eigenvalue weighted by atomic mass is 10.1. The van der Waals surface area contributed by atoms with Crippen molar-refractivity contribution in [3.05, 3.63) is 24.3 Å². The van der Waals surface area contributed by atoms with Gasteiger partial charge in [0.15, 0.2) is 0 Å². The summed E-state index contributed by atoms with van der Waals surface area (Å²) in [5, 5.41) is 0. The van der Waals surface area contributed by atoms with Gasteiger partial charge in [0.25, 0.3) is 0 Å².